The van der Waals surface area contributed by atoms with Gasteiger partial charge in [-0.05, 0) is 24.3 Å². The van der Waals surface area contributed by atoms with E-state index in [-0.39, 0.29) is 17.8 Å². The lowest BCUT2D eigenvalue weighted by Gasteiger charge is -2.00. The number of ketones is 1. The van der Waals surface area contributed by atoms with E-state index in [2.05, 4.69) is 5.10 Å². The topological polar surface area (TPSA) is 34.9 Å². The quantitative estimate of drug-likeness (QED) is 0.765. The van der Waals surface area contributed by atoms with Gasteiger partial charge in [-0.3, -0.25) is 9.48 Å². The smallest absolute Gasteiger partial charge is 0.168 e. The van der Waals surface area contributed by atoms with Crippen molar-refractivity contribution in [1.29, 1.82) is 0 Å². The number of aromatic nitrogens is 2. The van der Waals surface area contributed by atoms with Crippen LogP contribution < -0.4 is 0 Å². The van der Waals surface area contributed by atoms with E-state index < -0.39 is 11.6 Å². The summed E-state index contributed by atoms with van der Waals surface area (Å²) < 4.78 is 27.2. The van der Waals surface area contributed by atoms with Crippen molar-refractivity contribution in [3.05, 3.63) is 53.4 Å². The summed E-state index contributed by atoms with van der Waals surface area (Å²) in [6.07, 6.45) is 1.79. The first-order chi connectivity index (χ1) is 8.06. The van der Waals surface area contributed by atoms with E-state index in [1.165, 1.54) is 6.07 Å². The standard InChI is InChI=1S/C12H10F2N2O/c1-16-5-4-9(15-16)7-12(17)8-2-3-10(13)11(14)6-8/h2-6H,7H2,1H3. The maximum atomic E-state index is 12.9. The Kier molecular flexibility index (Phi) is 2.99. The van der Waals surface area contributed by atoms with Gasteiger partial charge < -0.3 is 0 Å². The summed E-state index contributed by atoms with van der Waals surface area (Å²) in [4.78, 5) is 11.7. The number of nitrogens with zero attached hydrogens (tertiary/aromatic N) is 2. The molecular formula is C12H10F2N2O. The predicted molar refractivity (Wildman–Crippen MR) is 57.6 cm³/mol. The summed E-state index contributed by atoms with van der Waals surface area (Å²) in [5.74, 6) is -2.26. The molecule has 0 spiro atoms. The number of halogens is 2. The highest BCUT2D eigenvalue weighted by molar-refractivity contribution is 5.97. The monoisotopic (exact) mass is 236 g/mol. The zero-order valence-corrected chi connectivity index (χ0v) is 9.15. The number of hydrogen-bond donors (Lipinski definition) is 0. The minimum Gasteiger partial charge on any atom is -0.294 e. The first-order valence-corrected chi connectivity index (χ1v) is 5.03. The van der Waals surface area contributed by atoms with Crippen LogP contribution in [0.1, 0.15) is 16.1 Å². The Hall–Kier alpha value is -2.04. The summed E-state index contributed by atoms with van der Waals surface area (Å²) in [6.45, 7) is 0. The van der Waals surface area contributed by atoms with Crippen molar-refractivity contribution in [2.45, 2.75) is 6.42 Å². The fourth-order valence-electron chi connectivity index (χ4n) is 1.49. The molecule has 5 heteroatoms. The van der Waals surface area contributed by atoms with Gasteiger partial charge in [0.25, 0.3) is 0 Å². The molecule has 1 aromatic heterocycles. The van der Waals surface area contributed by atoms with Crippen LogP contribution >= 0.6 is 0 Å². The molecule has 0 unspecified atom stereocenters. The van der Waals surface area contributed by atoms with E-state index in [9.17, 15) is 13.6 Å². The molecule has 0 saturated carbocycles. The lowest BCUT2D eigenvalue weighted by molar-refractivity contribution is 0.0991. The highest BCUT2D eigenvalue weighted by atomic mass is 19.2. The molecule has 2 rings (SSSR count). The maximum Gasteiger partial charge on any atom is 0.168 e. The van der Waals surface area contributed by atoms with Gasteiger partial charge in [-0.25, -0.2) is 8.78 Å². The molecule has 0 fully saturated rings. The number of aryl methyl sites for hydroxylation is 1. The van der Waals surface area contributed by atoms with Crippen LogP contribution in [0.4, 0.5) is 8.78 Å². The molecule has 0 radical (unpaired) electrons. The number of hydrogen-bond acceptors (Lipinski definition) is 2. The van der Waals surface area contributed by atoms with Gasteiger partial charge in [0.1, 0.15) is 0 Å². The number of Topliss-reactive ketones (excluding diaryl/α,β-unsaturated/α-hetero) is 1. The summed E-state index contributed by atoms with van der Waals surface area (Å²) in [7, 11) is 1.74. The molecule has 0 aliphatic carbocycles. The van der Waals surface area contributed by atoms with E-state index in [0.717, 1.165) is 12.1 Å². The van der Waals surface area contributed by atoms with E-state index in [1.807, 2.05) is 0 Å². The second kappa shape index (κ2) is 4.45. The van der Waals surface area contributed by atoms with Crippen LogP contribution in [0.5, 0.6) is 0 Å². The van der Waals surface area contributed by atoms with Gasteiger partial charge in [-0.1, -0.05) is 0 Å². The van der Waals surface area contributed by atoms with Gasteiger partial charge in [-0.2, -0.15) is 5.10 Å². The minimum atomic E-state index is -1.02. The van der Waals surface area contributed by atoms with Crippen LogP contribution in [0.15, 0.2) is 30.5 Å². The van der Waals surface area contributed by atoms with Gasteiger partial charge in [-0.15, -0.1) is 0 Å². The fraction of sp³-hybridized carbons (Fsp3) is 0.167. The third-order valence-corrected chi connectivity index (χ3v) is 2.35. The summed E-state index contributed by atoms with van der Waals surface area (Å²) in [5, 5.41) is 4.04. The zero-order valence-electron chi connectivity index (χ0n) is 9.15. The maximum absolute atomic E-state index is 12.9. The second-order valence-corrected chi connectivity index (χ2v) is 3.71. The molecule has 1 aromatic carbocycles. The molecule has 0 amide bonds. The first-order valence-electron chi connectivity index (χ1n) is 5.03. The third-order valence-electron chi connectivity index (χ3n) is 2.35. The Morgan fingerprint density at radius 2 is 2.06 bits per heavy atom. The van der Waals surface area contributed by atoms with Crippen molar-refractivity contribution in [2.24, 2.45) is 7.05 Å². The van der Waals surface area contributed by atoms with Crippen LogP contribution in [-0.4, -0.2) is 15.6 Å². The van der Waals surface area contributed by atoms with Crippen LogP contribution in [0, 0.1) is 11.6 Å². The highest BCUT2D eigenvalue weighted by Gasteiger charge is 2.11. The Bertz CT molecular complexity index is 563. The van der Waals surface area contributed by atoms with Crippen molar-refractivity contribution in [1.82, 2.24) is 9.78 Å². The van der Waals surface area contributed by atoms with Crippen LogP contribution in [0.3, 0.4) is 0 Å². The van der Waals surface area contributed by atoms with Crippen LogP contribution in [0.25, 0.3) is 0 Å². The molecule has 0 saturated heterocycles. The highest BCUT2D eigenvalue weighted by Crippen LogP contribution is 2.11. The van der Waals surface area contributed by atoms with E-state index in [4.69, 9.17) is 0 Å². The number of benzene rings is 1. The van der Waals surface area contributed by atoms with Gasteiger partial charge in [0.05, 0.1) is 12.1 Å². The number of carbonyl (C=O) groups is 1. The fourth-order valence-corrected chi connectivity index (χ4v) is 1.49. The van der Waals surface area contributed by atoms with E-state index in [0.29, 0.717) is 5.69 Å². The van der Waals surface area contributed by atoms with Crippen molar-refractivity contribution >= 4 is 5.78 Å². The molecule has 0 atom stereocenters. The molecule has 0 aliphatic rings. The van der Waals surface area contributed by atoms with Gasteiger partial charge in [0, 0.05) is 18.8 Å². The molecule has 88 valence electrons. The van der Waals surface area contributed by atoms with Gasteiger partial charge >= 0.3 is 0 Å². The minimum absolute atomic E-state index is 0.0753. The summed E-state index contributed by atoms with van der Waals surface area (Å²) in [5.41, 5.74) is 0.747. The van der Waals surface area contributed by atoms with Gasteiger partial charge in [0.2, 0.25) is 0 Å². The number of rotatable bonds is 3. The van der Waals surface area contributed by atoms with Crippen molar-refractivity contribution in [3.63, 3.8) is 0 Å². The van der Waals surface area contributed by atoms with Crippen molar-refractivity contribution < 1.29 is 13.6 Å². The molecule has 3 nitrogen and oxygen atoms in total. The molecule has 0 aliphatic heterocycles. The number of carbonyl (C=O) groups excluding carboxylic acids is 1. The average molecular weight is 236 g/mol. The molecule has 2 aromatic rings. The summed E-state index contributed by atoms with van der Waals surface area (Å²) >= 11 is 0. The Morgan fingerprint density at radius 3 is 2.65 bits per heavy atom. The molecule has 1 heterocycles. The van der Waals surface area contributed by atoms with E-state index >= 15 is 0 Å². The van der Waals surface area contributed by atoms with Crippen LogP contribution in [0.2, 0.25) is 0 Å². The largest absolute Gasteiger partial charge is 0.294 e. The Morgan fingerprint density at radius 1 is 1.29 bits per heavy atom. The zero-order chi connectivity index (χ0) is 12.4. The SMILES string of the molecule is Cn1ccc(CC(=O)c2ccc(F)c(F)c2)n1. The van der Waals surface area contributed by atoms with Crippen molar-refractivity contribution in [3.8, 4) is 0 Å². The first kappa shape index (κ1) is 11.4. The Labute approximate surface area is 96.7 Å². The molecule has 17 heavy (non-hydrogen) atoms. The lowest BCUT2D eigenvalue weighted by Crippen LogP contribution is -2.05. The Balaban J connectivity index is 2.17. The third kappa shape index (κ3) is 2.55. The molecule has 0 bridgehead atoms. The molecule has 0 N–H and O–H groups in total. The normalized spacial score (nSPS) is 10.5. The van der Waals surface area contributed by atoms with Gasteiger partial charge in [0.15, 0.2) is 17.4 Å². The second-order valence-electron chi connectivity index (χ2n) is 3.71. The lowest BCUT2D eigenvalue weighted by atomic mass is 10.1. The average Bonchev–Trinajstić information content (AvgIpc) is 2.68. The van der Waals surface area contributed by atoms with Crippen LogP contribution in [-0.2, 0) is 13.5 Å². The van der Waals surface area contributed by atoms with Crippen molar-refractivity contribution in [2.75, 3.05) is 0 Å². The van der Waals surface area contributed by atoms with E-state index in [1.54, 1.807) is 24.0 Å². The molecular weight excluding hydrogens is 226 g/mol. The predicted octanol–water partition coefficient (Wildman–Crippen LogP) is 2.12. The summed E-state index contributed by atoms with van der Waals surface area (Å²) in [6, 6.07) is 4.82.